The molecule has 0 aliphatic rings. The van der Waals surface area contributed by atoms with Crippen molar-refractivity contribution in [3.05, 3.63) is 0 Å². The summed E-state index contributed by atoms with van der Waals surface area (Å²) in [6, 6.07) is 0. The summed E-state index contributed by atoms with van der Waals surface area (Å²) in [5.41, 5.74) is 0. The first kappa shape index (κ1) is 4.95. The van der Waals surface area contributed by atoms with Crippen LogP contribution in [0.2, 0.25) is 0 Å². The van der Waals surface area contributed by atoms with Crippen LogP contribution in [0.15, 0.2) is 0 Å². The maximum atomic E-state index is 10.7. The van der Waals surface area contributed by atoms with Crippen molar-refractivity contribution in [2.45, 2.75) is 0 Å². The minimum Gasteiger partial charge on any atom is -0.284 e. The van der Waals surface area contributed by atoms with Gasteiger partial charge in [-0.1, -0.05) is 0 Å². The Balaban J connectivity index is 2.85. The number of hydrogen-bond donors (Lipinski definition) is 1. The quantitative estimate of drug-likeness (QED) is 0.466. The van der Waals surface area contributed by atoms with Gasteiger partial charge in [-0.2, -0.15) is 0 Å². The molecule has 0 amide bonds. The average Bonchev–Trinajstić information content (AvgIpc) is 1.38. The Kier molecular flexibility index (Phi) is 2.18. The number of alkyl halides is 1. The predicted octanol–water partition coefficient (Wildman–Crippen LogP) is 0.412. The van der Waals surface area contributed by atoms with Gasteiger partial charge in [0.15, 0.2) is 6.67 Å². The van der Waals surface area contributed by atoms with E-state index < -0.39 is 11.8 Å². The average molecular weight is 94.1 g/mol. The van der Waals surface area contributed by atoms with E-state index in [-0.39, 0.29) is 0 Å². The van der Waals surface area contributed by atoms with Crippen LogP contribution in [0.4, 0.5) is 4.39 Å². The molecule has 0 saturated heterocycles. The van der Waals surface area contributed by atoms with Gasteiger partial charge in [0, 0.05) is 0 Å². The Bertz CT molecular complexity index is 44.9. The number of carbonyl (C=O) groups is 1. The highest BCUT2D eigenvalue weighted by atomic mass is 32.1. The molecule has 0 heterocycles. The van der Waals surface area contributed by atoms with E-state index >= 15 is 0 Å². The molecule has 0 rings (SSSR count). The Morgan fingerprint density at radius 1 is 2.00 bits per heavy atom. The molecule has 0 aromatic heterocycles. The Labute approximate surface area is 34.6 Å². The topological polar surface area (TPSA) is 17.1 Å². The molecular weight excluding hydrogens is 91.1 g/mol. The standard InChI is InChI=1S/C2H3FOS/c3-1-2(4)5/h1H2,(H,4,5). The molecule has 0 fully saturated rings. The maximum Gasteiger partial charge on any atom is 0.216 e. The summed E-state index contributed by atoms with van der Waals surface area (Å²) < 4.78 is 10.7. The summed E-state index contributed by atoms with van der Waals surface area (Å²) in [7, 11) is 0. The molecule has 30 valence electrons. The molecule has 3 heteroatoms. The molecule has 0 bridgehead atoms. The molecule has 0 saturated carbocycles. The van der Waals surface area contributed by atoms with E-state index in [0.29, 0.717) is 0 Å². The second-order valence-corrected chi connectivity index (χ2v) is 1.03. The van der Waals surface area contributed by atoms with Crippen LogP contribution >= 0.6 is 12.6 Å². The van der Waals surface area contributed by atoms with Crippen LogP contribution in [0.5, 0.6) is 0 Å². The molecule has 1 nitrogen and oxygen atoms in total. The van der Waals surface area contributed by atoms with Gasteiger partial charge in [-0.3, -0.25) is 4.79 Å². The van der Waals surface area contributed by atoms with Crippen LogP contribution in [-0.4, -0.2) is 11.8 Å². The van der Waals surface area contributed by atoms with E-state index in [9.17, 15) is 9.18 Å². The van der Waals surface area contributed by atoms with Crippen molar-refractivity contribution < 1.29 is 9.18 Å². The highest BCUT2D eigenvalue weighted by molar-refractivity contribution is 7.96. The number of rotatable bonds is 1. The zero-order valence-corrected chi connectivity index (χ0v) is 3.33. The van der Waals surface area contributed by atoms with Gasteiger partial charge in [-0.15, -0.1) is 12.6 Å². The molecule has 0 N–H and O–H groups in total. The molecule has 0 aliphatic carbocycles. The second kappa shape index (κ2) is 2.20. The Hall–Kier alpha value is -0.0500. The van der Waals surface area contributed by atoms with Crippen molar-refractivity contribution >= 4 is 17.7 Å². The summed E-state index contributed by atoms with van der Waals surface area (Å²) in [5, 5.41) is -0.718. The first-order chi connectivity index (χ1) is 2.27. The lowest BCUT2D eigenvalue weighted by atomic mass is 10.9. The normalized spacial score (nSPS) is 7.60. The number of thiol groups is 1. The fourth-order valence-electron chi connectivity index (χ4n) is 0. The van der Waals surface area contributed by atoms with Crippen molar-refractivity contribution in [2.24, 2.45) is 0 Å². The Morgan fingerprint density at radius 2 is 2.20 bits per heavy atom. The minimum absolute atomic E-state index is 0.718. The van der Waals surface area contributed by atoms with Crippen molar-refractivity contribution in [1.82, 2.24) is 0 Å². The van der Waals surface area contributed by atoms with Crippen LogP contribution in [0, 0.1) is 0 Å². The van der Waals surface area contributed by atoms with Gasteiger partial charge in [0.05, 0.1) is 0 Å². The molecule has 0 spiro atoms. The molecule has 0 aliphatic heterocycles. The minimum atomic E-state index is -0.969. The molecule has 0 radical (unpaired) electrons. The van der Waals surface area contributed by atoms with Crippen LogP contribution in [0.3, 0.4) is 0 Å². The van der Waals surface area contributed by atoms with Gasteiger partial charge in [-0.25, -0.2) is 4.39 Å². The number of hydrogen-bond acceptors (Lipinski definition) is 1. The van der Waals surface area contributed by atoms with Crippen molar-refractivity contribution in [3.8, 4) is 0 Å². The third kappa shape index (κ3) is 3.95. The first-order valence-corrected chi connectivity index (χ1v) is 1.50. The van der Waals surface area contributed by atoms with Crippen molar-refractivity contribution in [2.75, 3.05) is 6.67 Å². The molecule has 0 atom stereocenters. The molecule has 0 aromatic carbocycles. The fraction of sp³-hybridized carbons (Fsp3) is 0.500. The zero-order chi connectivity index (χ0) is 4.28. The summed E-state index contributed by atoms with van der Waals surface area (Å²) in [5.74, 6) is 0. The molecule has 0 unspecified atom stereocenters. The number of halogens is 1. The third-order valence-electron chi connectivity index (χ3n) is 0.114. The first-order valence-electron chi connectivity index (χ1n) is 1.05. The van der Waals surface area contributed by atoms with E-state index in [1.54, 1.807) is 0 Å². The Morgan fingerprint density at radius 3 is 2.20 bits per heavy atom. The van der Waals surface area contributed by atoms with Gasteiger partial charge in [0.2, 0.25) is 5.12 Å². The fourth-order valence-corrected chi connectivity index (χ4v) is 0. The molecular formula is C2H3FOS. The summed E-state index contributed by atoms with van der Waals surface area (Å²) in [6.07, 6.45) is 0. The lowest BCUT2D eigenvalue weighted by molar-refractivity contribution is -0.111. The third-order valence-corrected chi connectivity index (χ3v) is 0.234. The van der Waals surface area contributed by atoms with Crippen LogP contribution < -0.4 is 0 Å². The van der Waals surface area contributed by atoms with Gasteiger partial charge in [0.1, 0.15) is 0 Å². The lowest BCUT2D eigenvalue weighted by Crippen LogP contribution is -1.83. The largest absolute Gasteiger partial charge is 0.284 e. The van der Waals surface area contributed by atoms with Crippen molar-refractivity contribution in [3.63, 3.8) is 0 Å². The molecule has 0 aromatic rings. The highest BCUT2D eigenvalue weighted by Gasteiger charge is 1.82. The van der Waals surface area contributed by atoms with E-state index in [1.165, 1.54) is 0 Å². The second-order valence-electron chi connectivity index (χ2n) is 0.527. The van der Waals surface area contributed by atoms with E-state index in [0.717, 1.165) is 0 Å². The van der Waals surface area contributed by atoms with Crippen LogP contribution in [0.25, 0.3) is 0 Å². The number of carbonyl (C=O) groups excluding carboxylic acids is 1. The van der Waals surface area contributed by atoms with E-state index in [4.69, 9.17) is 0 Å². The zero-order valence-electron chi connectivity index (χ0n) is 2.44. The van der Waals surface area contributed by atoms with Gasteiger partial charge in [-0.05, 0) is 0 Å². The van der Waals surface area contributed by atoms with Gasteiger partial charge >= 0.3 is 0 Å². The van der Waals surface area contributed by atoms with Crippen LogP contribution in [-0.2, 0) is 4.79 Å². The smallest absolute Gasteiger partial charge is 0.216 e. The van der Waals surface area contributed by atoms with Gasteiger partial charge in [0.25, 0.3) is 0 Å². The van der Waals surface area contributed by atoms with E-state index in [2.05, 4.69) is 12.6 Å². The summed E-state index contributed by atoms with van der Waals surface area (Å²) in [4.78, 5) is 9.30. The van der Waals surface area contributed by atoms with Crippen molar-refractivity contribution in [1.29, 1.82) is 0 Å². The van der Waals surface area contributed by atoms with Gasteiger partial charge < -0.3 is 0 Å². The highest BCUT2D eigenvalue weighted by Crippen LogP contribution is 1.74. The lowest BCUT2D eigenvalue weighted by Gasteiger charge is -1.67. The SMILES string of the molecule is O=C(S)CF. The summed E-state index contributed by atoms with van der Waals surface area (Å²) in [6.45, 7) is -0.969. The van der Waals surface area contributed by atoms with E-state index in [1.807, 2.05) is 0 Å². The monoisotopic (exact) mass is 94.0 g/mol. The molecule has 5 heavy (non-hydrogen) atoms. The predicted molar refractivity (Wildman–Crippen MR) is 20.0 cm³/mol. The summed E-state index contributed by atoms with van der Waals surface area (Å²) >= 11 is 3.08. The van der Waals surface area contributed by atoms with Crippen LogP contribution in [0.1, 0.15) is 0 Å². The maximum absolute atomic E-state index is 10.7.